The number of likely N-dealkylation sites (tertiary alicyclic amines) is 1. The zero-order valence-corrected chi connectivity index (χ0v) is 25.1. The third-order valence-electron chi connectivity index (χ3n) is 8.75. The Labute approximate surface area is 253 Å². The zero-order chi connectivity index (χ0) is 30.9. The summed E-state index contributed by atoms with van der Waals surface area (Å²) in [6.07, 6.45) is 8.38. The summed E-state index contributed by atoms with van der Waals surface area (Å²) in [4.78, 5) is 23.3. The van der Waals surface area contributed by atoms with Gasteiger partial charge in [-0.3, -0.25) is 10.3 Å². The quantitative estimate of drug-likeness (QED) is 0.182. The summed E-state index contributed by atoms with van der Waals surface area (Å²) < 4.78 is 6.24. The van der Waals surface area contributed by atoms with Crippen LogP contribution >= 0.6 is 11.3 Å². The van der Waals surface area contributed by atoms with Crippen molar-refractivity contribution >= 4 is 45.3 Å². The maximum atomic E-state index is 11.6. The number of aryl methyl sites for hydroxylation is 1. The number of ether oxygens (including phenoxy) is 1. The molecule has 1 aliphatic heterocycles. The summed E-state index contributed by atoms with van der Waals surface area (Å²) in [5.74, 6) is -1.21. The van der Waals surface area contributed by atoms with E-state index in [4.69, 9.17) is 21.0 Å². The number of aliphatic hydroxyl groups excluding tert-OH is 1. The molecule has 3 atom stereocenters. The first-order valence-corrected chi connectivity index (χ1v) is 15.2. The maximum absolute atomic E-state index is 11.6. The van der Waals surface area contributed by atoms with Crippen LogP contribution in [0.1, 0.15) is 73.7 Å². The van der Waals surface area contributed by atoms with E-state index in [0.717, 1.165) is 48.7 Å². The number of aliphatic carboxylic acids is 1. The molecule has 13 heteroatoms. The van der Waals surface area contributed by atoms with E-state index >= 15 is 0 Å². The minimum atomic E-state index is -1.37. The van der Waals surface area contributed by atoms with Crippen LogP contribution < -0.4 is 15.8 Å². The smallest absolute Gasteiger partial charge is 0.353 e. The fraction of sp³-hybridized carbons (Fsp3) is 0.467. The van der Waals surface area contributed by atoms with Crippen LogP contribution in [0.2, 0.25) is 0 Å². The van der Waals surface area contributed by atoms with Crippen molar-refractivity contribution in [2.75, 3.05) is 24.6 Å². The van der Waals surface area contributed by atoms with Gasteiger partial charge in [-0.05, 0) is 83.5 Å². The summed E-state index contributed by atoms with van der Waals surface area (Å²) in [6, 6.07) is 4.01. The number of nitrogens with one attached hydrogen (secondary N) is 3. The summed E-state index contributed by atoms with van der Waals surface area (Å²) in [7, 11) is 2.05. The molecule has 1 saturated carbocycles. The molecule has 226 valence electrons. The van der Waals surface area contributed by atoms with E-state index in [0.29, 0.717) is 41.8 Å². The number of allylic oxidation sites excluding steroid dienone is 1. The Kier molecular flexibility index (Phi) is 8.52. The van der Waals surface area contributed by atoms with E-state index in [1.54, 1.807) is 6.07 Å². The molecule has 7 N–H and O–H groups in total. The van der Waals surface area contributed by atoms with Gasteiger partial charge in [-0.1, -0.05) is 0 Å². The van der Waals surface area contributed by atoms with Crippen molar-refractivity contribution in [3.05, 3.63) is 45.7 Å². The molecular weight excluding hydrogens is 568 g/mol. The van der Waals surface area contributed by atoms with E-state index in [1.165, 1.54) is 17.5 Å². The Morgan fingerprint density at radius 2 is 2.07 bits per heavy atom. The number of thiophene rings is 1. The largest absolute Gasteiger partial charge is 0.504 e. The number of carboxylic acid groups (broad SMARTS) is 1. The van der Waals surface area contributed by atoms with Gasteiger partial charge in [0.25, 0.3) is 0 Å². The Hall–Kier alpha value is -4.28. The van der Waals surface area contributed by atoms with Gasteiger partial charge in [0, 0.05) is 39.9 Å². The van der Waals surface area contributed by atoms with Crippen LogP contribution in [0.25, 0.3) is 5.76 Å². The fourth-order valence-corrected chi connectivity index (χ4v) is 7.85. The molecule has 0 unspecified atom stereocenters. The average molecular weight is 605 g/mol. The molecule has 0 radical (unpaired) electrons. The first-order chi connectivity index (χ1) is 20.6. The van der Waals surface area contributed by atoms with Crippen molar-refractivity contribution < 1.29 is 19.7 Å². The van der Waals surface area contributed by atoms with Gasteiger partial charge in [0.1, 0.15) is 28.7 Å². The summed E-state index contributed by atoms with van der Waals surface area (Å²) in [6.45, 7) is 2.94. The first-order valence-electron chi connectivity index (χ1n) is 14.4. The third kappa shape index (κ3) is 5.72. The van der Waals surface area contributed by atoms with Crippen LogP contribution in [-0.4, -0.2) is 68.2 Å². The number of nitrogens with two attached hydrogens (primary N) is 1. The number of anilines is 2. The molecule has 1 saturated heterocycles. The van der Waals surface area contributed by atoms with E-state index in [-0.39, 0.29) is 41.1 Å². The number of fused-ring (bicyclic) bond motifs is 2. The van der Waals surface area contributed by atoms with Crippen LogP contribution in [0.4, 0.5) is 10.8 Å². The van der Waals surface area contributed by atoms with E-state index < -0.39 is 17.1 Å². The predicted molar refractivity (Wildman–Crippen MR) is 165 cm³/mol. The molecular formula is C30H36N8O4S. The second-order valence-electron chi connectivity index (χ2n) is 11.4. The van der Waals surface area contributed by atoms with Gasteiger partial charge in [0.05, 0.1) is 5.56 Å². The van der Waals surface area contributed by atoms with Gasteiger partial charge in [-0.15, -0.1) is 11.3 Å². The molecule has 0 bridgehead atoms. The molecule has 2 aliphatic carbocycles. The predicted octanol–water partition coefficient (Wildman–Crippen LogP) is 4.63. The lowest BCUT2D eigenvalue weighted by atomic mass is 9.60. The van der Waals surface area contributed by atoms with Gasteiger partial charge < -0.3 is 31.4 Å². The van der Waals surface area contributed by atoms with Crippen LogP contribution in [-0.2, 0) is 16.6 Å². The molecule has 3 heterocycles. The highest BCUT2D eigenvalue weighted by Gasteiger charge is 2.47. The van der Waals surface area contributed by atoms with E-state index in [1.807, 2.05) is 14.0 Å². The minimum absolute atomic E-state index is 0.0353. The lowest BCUT2D eigenvalue weighted by Gasteiger charge is -2.42. The Balaban J connectivity index is 1.53. The highest BCUT2D eigenvalue weighted by Crippen LogP contribution is 2.52. The van der Waals surface area contributed by atoms with Crippen LogP contribution in [0.15, 0.2) is 23.9 Å². The number of nitrogen functional groups attached to an aromatic ring is 1. The SMILES string of the molecule is C[C@H](Oc1cc(N/C=C\C(=N)C(=O)O)nc(/C(O)=C2\CCC[C@@]3(CCCc4sc(N)c(C#N)c43)C2=N)n1)[C@@H]1CCCN1C. The van der Waals surface area contributed by atoms with Gasteiger partial charge in [-0.2, -0.15) is 10.2 Å². The lowest BCUT2D eigenvalue weighted by Crippen LogP contribution is -2.42. The number of nitriles is 1. The zero-order valence-electron chi connectivity index (χ0n) is 24.2. The van der Waals surface area contributed by atoms with Crippen LogP contribution in [0.5, 0.6) is 5.88 Å². The number of hydrogen-bond acceptors (Lipinski definition) is 12. The molecule has 3 aliphatic rings. The Morgan fingerprint density at radius 1 is 1.33 bits per heavy atom. The summed E-state index contributed by atoms with van der Waals surface area (Å²) in [5.41, 5.74) is 6.84. The monoisotopic (exact) mass is 604 g/mol. The van der Waals surface area contributed by atoms with Crippen molar-refractivity contribution in [3.8, 4) is 11.9 Å². The van der Waals surface area contributed by atoms with Gasteiger partial charge >= 0.3 is 5.97 Å². The van der Waals surface area contributed by atoms with Crippen LogP contribution in [0, 0.1) is 22.1 Å². The second-order valence-corrected chi connectivity index (χ2v) is 12.5. The number of hydrogen-bond donors (Lipinski definition) is 6. The van der Waals surface area contributed by atoms with Crippen LogP contribution in [0.3, 0.4) is 0 Å². The molecule has 0 aromatic carbocycles. The molecule has 1 spiro atoms. The van der Waals surface area contributed by atoms with Crippen molar-refractivity contribution in [3.63, 3.8) is 0 Å². The number of nitrogens with zero attached hydrogens (tertiary/aromatic N) is 4. The maximum Gasteiger partial charge on any atom is 0.353 e. The molecule has 5 rings (SSSR count). The van der Waals surface area contributed by atoms with Crippen molar-refractivity contribution in [1.82, 2.24) is 14.9 Å². The first kappa shape index (κ1) is 30.2. The Morgan fingerprint density at radius 3 is 2.74 bits per heavy atom. The minimum Gasteiger partial charge on any atom is -0.504 e. The Bertz CT molecular complexity index is 1570. The highest BCUT2D eigenvalue weighted by atomic mass is 32.1. The molecule has 12 nitrogen and oxygen atoms in total. The van der Waals surface area contributed by atoms with Crippen molar-refractivity contribution in [2.45, 2.75) is 75.9 Å². The number of aliphatic hydroxyl groups is 1. The van der Waals surface area contributed by atoms with Gasteiger partial charge in [-0.25, -0.2) is 9.78 Å². The number of carboxylic acids is 1. The molecule has 2 aromatic heterocycles. The lowest BCUT2D eigenvalue weighted by molar-refractivity contribution is -0.129. The van der Waals surface area contributed by atoms with Crippen molar-refractivity contribution in [1.29, 1.82) is 16.1 Å². The molecule has 0 amide bonds. The van der Waals surface area contributed by atoms with E-state index in [2.05, 4.69) is 26.3 Å². The number of carbonyl (C=O) groups is 1. The van der Waals surface area contributed by atoms with Gasteiger partial charge in [0.2, 0.25) is 5.88 Å². The normalized spacial score (nSPS) is 24.0. The second kappa shape index (κ2) is 12.1. The number of aromatic nitrogens is 2. The molecule has 2 fully saturated rings. The summed E-state index contributed by atoms with van der Waals surface area (Å²) >= 11 is 1.42. The van der Waals surface area contributed by atoms with Crippen molar-refractivity contribution in [2.24, 2.45) is 0 Å². The summed E-state index contributed by atoms with van der Waals surface area (Å²) in [5, 5.41) is 50.8. The number of rotatable bonds is 8. The molecule has 2 aromatic rings. The van der Waals surface area contributed by atoms with E-state index in [9.17, 15) is 20.6 Å². The topological polar surface area (TPSA) is 205 Å². The van der Waals surface area contributed by atoms with Gasteiger partial charge in [0.15, 0.2) is 11.6 Å². The third-order valence-corrected chi connectivity index (χ3v) is 9.83. The fourth-order valence-electron chi connectivity index (χ4n) is 6.69. The average Bonchev–Trinajstić information content (AvgIpc) is 3.56. The number of likely N-dealkylation sites (N-methyl/N-ethyl adjacent to an activating group) is 1. The highest BCUT2D eigenvalue weighted by molar-refractivity contribution is 7.16. The molecule has 43 heavy (non-hydrogen) atoms. The standard InChI is InChI=1S/C30H36N8O4S/c1-16(20-7-5-13-38(20)2)42-23-14-22(35-12-9-19(32)29(40)41)36-28(37-23)25(39)17-6-3-10-30(26(17)33)11-4-8-21-24(30)18(15-31)27(34)43-21/h9,12,14,16,20,32-33,39H,3-8,10-11,13,34H2,1-2H3,(H,40,41)(H,35,36,37)/b12-9-,25-17-,32-19?,33-26?/t16-,20-,30-/m0/s1.